The molecule has 2 aromatic rings. The lowest BCUT2D eigenvalue weighted by Crippen LogP contribution is -2.31. The molecule has 0 aromatic heterocycles. The Bertz CT molecular complexity index is 700. The molecule has 0 aliphatic heterocycles. The van der Waals surface area contributed by atoms with Crippen LogP contribution in [-0.4, -0.2) is 24.6 Å². The molecule has 0 aliphatic rings. The van der Waals surface area contributed by atoms with E-state index in [1.165, 1.54) is 30.5 Å². The summed E-state index contributed by atoms with van der Waals surface area (Å²) in [4.78, 5) is 23.2. The summed E-state index contributed by atoms with van der Waals surface area (Å²) >= 11 is 0. The standard InChI is InChI=1S/C18H18FN3O2/c19-16-8-6-15(7-9-16)13-21-22-18(24)12-17(23)20-11-10-14-4-2-1-3-5-14/h1-9,13H,10-12H2,(H,20,23)(H,22,24)/b21-13-. The molecule has 2 rings (SSSR count). The number of hydrogen-bond acceptors (Lipinski definition) is 3. The largest absolute Gasteiger partial charge is 0.355 e. The Labute approximate surface area is 139 Å². The number of hydrogen-bond donors (Lipinski definition) is 2. The van der Waals surface area contributed by atoms with Crippen LogP contribution in [0.2, 0.25) is 0 Å². The van der Waals surface area contributed by atoms with Crippen LogP contribution >= 0.6 is 0 Å². The minimum absolute atomic E-state index is 0.296. The number of carbonyl (C=O) groups is 2. The number of benzene rings is 2. The number of amides is 2. The van der Waals surface area contributed by atoms with Crippen molar-refractivity contribution in [1.82, 2.24) is 10.7 Å². The molecule has 24 heavy (non-hydrogen) atoms. The summed E-state index contributed by atoms with van der Waals surface area (Å²) in [6.07, 6.45) is 1.79. The Kier molecular flexibility index (Phi) is 6.64. The van der Waals surface area contributed by atoms with E-state index in [9.17, 15) is 14.0 Å². The minimum atomic E-state index is -0.509. The summed E-state index contributed by atoms with van der Waals surface area (Å²) in [5, 5.41) is 6.41. The van der Waals surface area contributed by atoms with Gasteiger partial charge in [0.15, 0.2) is 0 Å². The van der Waals surface area contributed by atoms with Crippen molar-refractivity contribution in [2.24, 2.45) is 5.10 Å². The summed E-state index contributed by atoms with van der Waals surface area (Å²) in [7, 11) is 0. The van der Waals surface area contributed by atoms with E-state index in [-0.39, 0.29) is 18.1 Å². The first kappa shape index (κ1) is 17.3. The van der Waals surface area contributed by atoms with Gasteiger partial charge in [0.2, 0.25) is 11.8 Å². The SMILES string of the molecule is O=C(CC(=O)N/N=C\c1ccc(F)cc1)NCCc1ccccc1. The van der Waals surface area contributed by atoms with Crippen molar-refractivity contribution in [1.29, 1.82) is 0 Å². The lowest BCUT2D eigenvalue weighted by atomic mass is 10.1. The maximum Gasteiger partial charge on any atom is 0.249 e. The molecule has 0 spiro atoms. The number of rotatable bonds is 7. The van der Waals surface area contributed by atoms with Crippen LogP contribution in [-0.2, 0) is 16.0 Å². The van der Waals surface area contributed by atoms with Gasteiger partial charge in [-0.05, 0) is 29.7 Å². The van der Waals surface area contributed by atoms with Gasteiger partial charge < -0.3 is 5.32 Å². The average molecular weight is 327 g/mol. The fourth-order valence-electron chi connectivity index (χ4n) is 1.97. The monoisotopic (exact) mass is 327 g/mol. The van der Waals surface area contributed by atoms with Gasteiger partial charge in [-0.1, -0.05) is 42.5 Å². The summed E-state index contributed by atoms with van der Waals surface area (Å²) in [5.74, 6) is -1.21. The molecule has 5 nitrogen and oxygen atoms in total. The van der Waals surface area contributed by atoms with Gasteiger partial charge in [-0.25, -0.2) is 9.82 Å². The average Bonchev–Trinajstić information content (AvgIpc) is 2.57. The van der Waals surface area contributed by atoms with Gasteiger partial charge in [-0.15, -0.1) is 0 Å². The van der Waals surface area contributed by atoms with Gasteiger partial charge in [0.25, 0.3) is 0 Å². The third-order valence-corrected chi connectivity index (χ3v) is 3.17. The van der Waals surface area contributed by atoms with Gasteiger partial charge >= 0.3 is 0 Å². The second-order valence-electron chi connectivity index (χ2n) is 5.11. The molecule has 0 bridgehead atoms. The first-order valence-electron chi connectivity index (χ1n) is 7.51. The summed E-state index contributed by atoms with van der Waals surface area (Å²) in [6, 6.07) is 15.4. The molecule has 2 N–H and O–H groups in total. The normalized spacial score (nSPS) is 10.5. The van der Waals surface area contributed by atoms with Crippen molar-refractivity contribution in [3.8, 4) is 0 Å². The van der Waals surface area contributed by atoms with Gasteiger partial charge in [0, 0.05) is 6.54 Å². The highest BCUT2D eigenvalue weighted by atomic mass is 19.1. The fraction of sp³-hybridized carbons (Fsp3) is 0.167. The van der Waals surface area contributed by atoms with Crippen LogP contribution in [0.4, 0.5) is 4.39 Å². The van der Waals surface area contributed by atoms with E-state index in [4.69, 9.17) is 0 Å². The minimum Gasteiger partial charge on any atom is -0.355 e. The third-order valence-electron chi connectivity index (χ3n) is 3.17. The Morgan fingerprint density at radius 2 is 1.71 bits per heavy atom. The maximum atomic E-state index is 12.7. The molecule has 2 aromatic carbocycles. The van der Waals surface area contributed by atoms with Crippen molar-refractivity contribution in [3.63, 3.8) is 0 Å². The van der Waals surface area contributed by atoms with E-state index < -0.39 is 5.91 Å². The molecule has 0 unspecified atom stereocenters. The molecular weight excluding hydrogens is 309 g/mol. The van der Waals surface area contributed by atoms with Crippen molar-refractivity contribution in [3.05, 3.63) is 71.5 Å². The molecule has 0 saturated heterocycles. The van der Waals surface area contributed by atoms with Crippen LogP contribution < -0.4 is 10.7 Å². The molecule has 124 valence electrons. The zero-order valence-corrected chi connectivity index (χ0v) is 13.0. The van der Waals surface area contributed by atoms with Crippen LogP contribution in [0.25, 0.3) is 0 Å². The van der Waals surface area contributed by atoms with Crippen LogP contribution in [0.15, 0.2) is 59.7 Å². The second kappa shape index (κ2) is 9.19. The third kappa shape index (κ3) is 6.39. The molecule has 0 heterocycles. The highest BCUT2D eigenvalue weighted by Gasteiger charge is 2.07. The second-order valence-corrected chi connectivity index (χ2v) is 5.11. The Morgan fingerprint density at radius 1 is 1.00 bits per heavy atom. The summed E-state index contributed by atoms with van der Waals surface area (Å²) in [6.45, 7) is 0.467. The van der Waals surface area contributed by atoms with Crippen LogP contribution in [0.3, 0.4) is 0 Å². The number of carbonyl (C=O) groups excluding carboxylic acids is 2. The molecule has 0 radical (unpaired) electrons. The predicted octanol–water partition coefficient (Wildman–Crippen LogP) is 2.02. The maximum absolute atomic E-state index is 12.7. The molecule has 0 aliphatic carbocycles. The number of nitrogens with zero attached hydrogens (tertiary/aromatic N) is 1. The summed E-state index contributed by atoms with van der Waals surface area (Å²) < 4.78 is 12.7. The van der Waals surface area contributed by atoms with Crippen molar-refractivity contribution < 1.29 is 14.0 Å². The van der Waals surface area contributed by atoms with E-state index in [1.807, 2.05) is 30.3 Å². The van der Waals surface area contributed by atoms with Gasteiger partial charge in [0.1, 0.15) is 12.2 Å². The van der Waals surface area contributed by atoms with E-state index in [0.29, 0.717) is 18.5 Å². The quantitative estimate of drug-likeness (QED) is 0.464. The van der Waals surface area contributed by atoms with Gasteiger partial charge in [-0.3, -0.25) is 9.59 Å². The number of hydrazone groups is 1. The molecule has 0 saturated carbocycles. The fourth-order valence-corrected chi connectivity index (χ4v) is 1.97. The van der Waals surface area contributed by atoms with Gasteiger partial charge in [-0.2, -0.15) is 5.10 Å². The highest BCUT2D eigenvalue weighted by Crippen LogP contribution is 2.00. The Hall–Kier alpha value is -3.02. The zero-order chi connectivity index (χ0) is 17.2. The molecule has 0 atom stereocenters. The molecular formula is C18H18FN3O2. The van der Waals surface area contributed by atoms with Gasteiger partial charge in [0.05, 0.1) is 6.21 Å². The van der Waals surface area contributed by atoms with E-state index >= 15 is 0 Å². The van der Waals surface area contributed by atoms with E-state index in [1.54, 1.807) is 0 Å². The van der Waals surface area contributed by atoms with Crippen LogP contribution in [0.1, 0.15) is 17.5 Å². The number of halogens is 1. The van der Waals surface area contributed by atoms with Crippen molar-refractivity contribution in [2.75, 3.05) is 6.54 Å². The number of nitrogens with one attached hydrogen (secondary N) is 2. The Balaban J connectivity index is 1.66. The lowest BCUT2D eigenvalue weighted by molar-refractivity contribution is -0.129. The van der Waals surface area contributed by atoms with E-state index in [2.05, 4.69) is 15.8 Å². The first-order chi connectivity index (χ1) is 11.6. The van der Waals surface area contributed by atoms with E-state index in [0.717, 1.165) is 5.56 Å². The summed E-state index contributed by atoms with van der Waals surface area (Å²) in [5.41, 5.74) is 4.02. The van der Waals surface area contributed by atoms with Crippen LogP contribution in [0.5, 0.6) is 0 Å². The molecule has 2 amide bonds. The molecule has 6 heteroatoms. The van der Waals surface area contributed by atoms with Crippen molar-refractivity contribution >= 4 is 18.0 Å². The van der Waals surface area contributed by atoms with Crippen molar-refractivity contribution in [2.45, 2.75) is 12.8 Å². The lowest BCUT2D eigenvalue weighted by Gasteiger charge is -2.04. The molecule has 0 fully saturated rings. The first-order valence-corrected chi connectivity index (χ1v) is 7.51. The predicted molar refractivity (Wildman–Crippen MR) is 89.9 cm³/mol. The highest BCUT2D eigenvalue weighted by molar-refractivity contribution is 5.97. The smallest absolute Gasteiger partial charge is 0.249 e. The zero-order valence-electron chi connectivity index (χ0n) is 13.0. The topological polar surface area (TPSA) is 70.6 Å². The Morgan fingerprint density at radius 3 is 2.42 bits per heavy atom. The van der Waals surface area contributed by atoms with Crippen LogP contribution in [0, 0.1) is 5.82 Å².